The molecule has 0 saturated carbocycles. The summed E-state index contributed by atoms with van der Waals surface area (Å²) in [7, 11) is 0. The molecule has 2 aromatic carbocycles. The maximum atomic E-state index is 5.78. The summed E-state index contributed by atoms with van der Waals surface area (Å²) in [6.07, 6.45) is 1.90. The second-order valence-corrected chi connectivity index (χ2v) is 5.03. The van der Waals surface area contributed by atoms with E-state index in [1.54, 1.807) is 0 Å². The van der Waals surface area contributed by atoms with Crippen LogP contribution in [0.2, 0.25) is 0 Å². The van der Waals surface area contributed by atoms with Crippen LogP contribution in [0.5, 0.6) is 0 Å². The van der Waals surface area contributed by atoms with Crippen LogP contribution in [0.1, 0.15) is 22.3 Å². The standard InChI is InChI=1S/C16H16Cl2/c17-10-9-13-1-3-14(4-2-13)11-15-5-7-16(12-18)8-6-15/h1-8H,9-12H2. The molecule has 0 unspecified atom stereocenters. The maximum absolute atomic E-state index is 5.78. The van der Waals surface area contributed by atoms with Gasteiger partial charge in [0.15, 0.2) is 0 Å². The average molecular weight is 279 g/mol. The van der Waals surface area contributed by atoms with Crippen molar-refractivity contribution in [2.24, 2.45) is 0 Å². The van der Waals surface area contributed by atoms with E-state index in [-0.39, 0.29) is 0 Å². The third-order valence-electron chi connectivity index (χ3n) is 2.99. The summed E-state index contributed by atoms with van der Waals surface area (Å²) in [6, 6.07) is 17.1. The van der Waals surface area contributed by atoms with Crippen molar-refractivity contribution in [3.63, 3.8) is 0 Å². The minimum atomic E-state index is 0.577. The topological polar surface area (TPSA) is 0 Å². The van der Waals surface area contributed by atoms with Gasteiger partial charge in [-0.25, -0.2) is 0 Å². The molecule has 0 spiro atoms. The molecular formula is C16H16Cl2. The first-order valence-corrected chi connectivity index (χ1v) is 7.16. The van der Waals surface area contributed by atoms with Crippen LogP contribution in [0.25, 0.3) is 0 Å². The highest BCUT2D eigenvalue weighted by atomic mass is 35.5. The second kappa shape index (κ2) is 6.82. The molecule has 0 aliphatic carbocycles. The van der Waals surface area contributed by atoms with Gasteiger partial charge in [0.2, 0.25) is 0 Å². The summed E-state index contributed by atoms with van der Waals surface area (Å²) in [4.78, 5) is 0. The van der Waals surface area contributed by atoms with Gasteiger partial charge in [-0.3, -0.25) is 0 Å². The first-order chi connectivity index (χ1) is 8.81. The Bertz CT molecular complexity index is 471. The van der Waals surface area contributed by atoms with Crippen molar-refractivity contribution in [2.75, 3.05) is 5.88 Å². The molecule has 2 heteroatoms. The zero-order valence-electron chi connectivity index (χ0n) is 10.2. The van der Waals surface area contributed by atoms with E-state index in [0.29, 0.717) is 11.8 Å². The van der Waals surface area contributed by atoms with E-state index in [1.165, 1.54) is 16.7 Å². The van der Waals surface area contributed by atoms with E-state index in [0.717, 1.165) is 18.4 Å². The summed E-state index contributed by atoms with van der Waals surface area (Å²) in [6.45, 7) is 0. The van der Waals surface area contributed by atoms with Crippen LogP contribution in [0, 0.1) is 0 Å². The molecule has 0 bridgehead atoms. The molecule has 0 aliphatic rings. The fourth-order valence-corrected chi connectivity index (χ4v) is 2.31. The quantitative estimate of drug-likeness (QED) is 0.690. The summed E-state index contributed by atoms with van der Waals surface area (Å²) in [5, 5.41) is 0. The fourth-order valence-electron chi connectivity index (χ4n) is 1.91. The lowest BCUT2D eigenvalue weighted by atomic mass is 10.0. The molecule has 0 heterocycles. The lowest BCUT2D eigenvalue weighted by molar-refractivity contribution is 1.12. The lowest BCUT2D eigenvalue weighted by Crippen LogP contribution is -1.91. The fraction of sp³-hybridized carbons (Fsp3) is 0.250. The van der Waals surface area contributed by atoms with E-state index in [2.05, 4.69) is 48.5 Å². The van der Waals surface area contributed by atoms with Crippen LogP contribution < -0.4 is 0 Å². The van der Waals surface area contributed by atoms with Crippen molar-refractivity contribution in [1.82, 2.24) is 0 Å². The third-order valence-corrected chi connectivity index (χ3v) is 3.49. The van der Waals surface area contributed by atoms with E-state index in [4.69, 9.17) is 23.2 Å². The minimum Gasteiger partial charge on any atom is -0.126 e. The summed E-state index contributed by atoms with van der Waals surface area (Å²) < 4.78 is 0. The average Bonchev–Trinajstić information content (AvgIpc) is 2.42. The number of alkyl halides is 2. The molecule has 0 fully saturated rings. The molecule has 18 heavy (non-hydrogen) atoms. The molecule has 0 atom stereocenters. The zero-order valence-corrected chi connectivity index (χ0v) is 11.7. The minimum absolute atomic E-state index is 0.577. The third kappa shape index (κ3) is 3.76. The lowest BCUT2D eigenvalue weighted by Gasteiger charge is -2.04. The van der Waals surface area contributed by atoms with Gasteiger partial charge in [-0.2, -0.15) is 0 Å². The number of hydrogen-bond donors (Lipinski definition) is 0. The highest BCUT2D eigenvalue weighted by molar-refractivity contribution is 6.18. The first kappa shape index (κ1) is 13.5. The SMILES string of the molecule is ClCCc1ccc(Cc2ccc(CCl)cc2)cc1. The normalized spacial score (nSPS) is 10.6. The van der Waals surface area contributed by atoms with Crippen molar-refractivity contribution in [2.45, 2.75) is 18.7 Å². The van der Waals surface area contributed by atoms with Crippen molar-refractivity contribution in [1.29, 1.82) is 0 Å². The number of aryl methyl sites for hydroxylation is 1. The monoisotopic (exact) mass is 278 g/mol. The number of rotatable bonds is 5. The van der Waals surface area contributed by atoms with Gasteiger partial charge in [-0.1, -0.05) is 48.5 Å². The summed E-state index contributed by atoms with van der Waals surface area (Å²) >= 11 is 11.5. The predicted molar refractivity (Wildman–Crippen MR) is 79.7 cm³/mol. The number of hydrogen-bond acceptors (Lipinski definition) is 0. The Hall–Kier alpha value is -0.980. The van der Waals surface area contributed by atoms with Crippen LogP contribution in [0.4, 0.5) is 0 Å². The highest BCUT2D eigenvalue weighted by Crippen LogP contribution is 2.13. The van der Waals surface area contributed by atoms with Crippen molar-refractivity contribution in [3.8, 4) is 0 Å². The maximum Gasteiger partial charge on any atom is 0.0474 e. The summed E-state index contributed by atoms with van der Waals surface area (Å²) in [5.41, 5.74) is 5.10. The Morgan fingerprint density at radius 3 is 1.50 bits per heavy atom. The van der Waals surface area contributed by atoms with Crippen molar-refractivity contribution < 1.29 is 0 Å². The van der Waals surface area contributed by atoms with E-state index >= 15 is 0 Å². The van der Waals surface area contributed by atoms with Gasteiger partial charge in [0.25, 0.3) is 0 Å². The molecular weight excluding hydrogens is 263 g/mol. The van der Waals surface area contributed by atoms with Crippen LogP contribution in [-0.4, -0.2) is 5.88 Å². The molecule has 0 aliphatic heterocycles. The van der Waals surface area contributed by atoms with E-state index in [9.17, 15) is 0 Å². The van der Waals surface area contributed by atoms with Gasteiger partial charge in [-0.05, 0) is 35.1 Å². The number of benzene rings is 2. The smallest absolute Gasteiger partial charge is 0.0474 e. The molecule has 0 amide bonds. The molecule has 0 radical (unpaired) electrons. The van der Waals surface area contributed by atoms with E-state index < -0.39 is 0 Å². The zero-order chi connectivity index (χ0) is 12.8. The molecule has 0 saturated heterocycles. The van der Waals surface area contributed by atoms with Crippen LogP contribution in [0.3, 0.4) is 0 Å². The molecule has 2 rings (SSSR count). The van der Waals surface area contributed by atoms with Crippen molar-refractivity contribution >= 4 is 23.2 Å². The van der Waals surface area contributed by atoms with Crippen LogP contribution in [0.15, 0.2) is 48.5 Å². The Morgan fingerprint density at radius 2 is 1.06 bits per heavy atom. The van der Waals surface area contributed by atoms with Gasteiger partial charge < -0.3 is 0 Å². The van der Waals surface area contributed by atoms with Crippen LogP contribution in [-0.2, 0) is 18.7 Å². The van der Waals surface area contributed by atoms with Gasteiger partial charge in [-0.15, -0.1) is 23.2 Å². The largest absolute Gasteiger partial charge is 0.126 e. The Labute approximate surface area is 119 Å². The van der Waals surface area contributed by atoms with Crippen molar-refractivity contribution in [3.05, 3.63) is 70.8 Å². The first-order valence-electron chi connectivity index (χ1n) is 6.09. The summed E-state index contributed by atoms with van der Waals surface area (Å²) in [5.74, 6) is 1.26. The van der Waals surface area contributed by atoms with E-state index in [1.807, 2.05) is 0 Å². The number of halogens is 2. The molecule has 0 nitrogen and oxygen atoms in total. The second-order valence-electron chi connectivity index (χ2n) is 4.38. The van der Waals surface area contributed by atoms with Crippen LogP contribution >= 0.6 is 23.2 Å². The molecule has 2 aromatic rings. The Kier molecular flexibility index (Phi) is 5.10. The van der Waals surface area contributed by atoms with Gasteiger partial charge in [0.1, 0.15) is 0 Å². The Morgan fingerprint density at radius 1 is 0.611 bits per heavy atom. The molecule has 94 valence electrons. The Balaban J connectivity index is 2.03. The highest BCUT2D eigenvalue weighted by Gasteiger charge is 1.98. The molecule has 0 N–H and O–H groups in total. The predicted octanol–water partition coefficient (Wildman–Crippen LogP) is 4.80. The molecule has 0 aromatic heterocycles. The van der Waals surface area contributed by atoms with Gasteiger partial charge in [0, 0.05) is 11.8 Å². The van der Waals surface area contributed by atoms with Gasteiger partial charge in [0.05, 0.1) is 0 Å². The van der Waals surface area contributed by atoms with Gasteiger partial charge >= 0.3 is 0 Å².